The summed E-state index contributed by atoms with van der Waals surface area (Å²) in [5, 5.41) is 0. The van der Waals surface area contributed by atoms with Crippen molar-refractivity contribution in [3.63, 3.8) is 0 Å². The Kier molecular flexibility index (Phi) is 6.21. The van der Waals surface area contributed by atoms with Crippen molar-refractivity contribution < 1.29 is 11.0 Å². The van der Waals surface area contributed by atoms with Crippen LogP contribution in [0.2, 0.25) is 0 Å². The average Bonchev–Trinajstić information content (AvgIpc) is 2.85. The first-order valence-electron chi connectivity index (χ1n) is 13.3. The monoisotopic (exact) mass is 448 g/mol. The fraction of sp³-hybridized carbons (Fsp3) is 0.231. The summed E-state index contributed by atoms with van der Waals surface area (Å²) in [6.07, 6.45) is 3.21. The lowest BCUT2D eigenvalue weighted by Gasteiger charge is -2.39. The molecule has 0 N–H and O–H groups in total. The molecule has 158 valence electrons. The second-order valence-electron chi connectivity index (χ2n) is 6.46. The first-order valence-corrected chi connectivity index (χ1v) is 9.31. The van der Waals surface area contributed by atoms with Gasteiger partial charge in [0, 0.05) is 43.5 Å². The molecule has 1 aliphatic rings. The van der Waals surface area contributed by atoms with Crippen LogP contribution in [0.15, 0.2) is 97.1 Å². The van der Waals surface area contributed by atoms with Crippen LogP contribution >= 0.6 is 24.8 Å². The second kappa shape index (κ2) is 12.6. The molecule has 0 atom stereocenters. The number of hydrogen-bond donors (Lipinski definition) is 0. The van der Waals surface area contributed by atoms with E-state index >= 15 is 0 Å². The number of benzene rings is 3. The van der Waals surface area contributed by atoms with E-state index in [2.05, 4.69) is 0 Å². The molecule has 0 unspecified atom stereocenters. The Labute approximate surface area is 204 Å². The lowest BCUT2D eigenvalue weighted by molar-refractivity contribution is 0.118. The van der Waals surface area contributed by atoms with Crippen molar-refractivity contribution in [1.29, 1.82) is 0 Å². The van der Waals surface area contributed by atoms with E-state index in [4.69, 9.17) is 11.0 Å². The van der Waals surface area contributed by atoms with Gasteiger partial charge in [-0.2, -0.15) is 0 Å². The molecule has 3 aromatic rings. The number of nitrogens with zero attached hydrogens (tertiary/aromatic N) is 2. The number of rotatable bonds is 6. The number of hydrogen-bond acceptors (Lipinski definition) is 2. The fourth-order valence-corrected chi connectivity index (χ4v) is 3.12. The molecule has 2 nitrogen and oxygen atoms in total. The van der Waals surface area contributed by atoms with Crippen molar-refractivity contribution in [3.05, 3.63) is 114 Å². The van der Waals surface area contributed by atoms with E-state index in [0.717, 1.165) is 10.5 Å². The van der Waals surface area contributed by atoms with E-state index in [-0.39, 0.29) is 31.4 Å². The van der Waals surface area contributed by atoms with Crippen LogP contribution in [-0.4, -0.2) is 42.3 Å². The molecular weight excluding hydrogens is 411 g/mol. The van der Waals surface area contributed by atoms with Crippen molar-refractivity contribution in [3.8, 4) is 0 Å². The van der Waals surface area contributed by atoms with Crippen LogP contribution in [0.25, 0.3) is 6.08 Å². The van der Waals surface area contributed by atoms with Gasteiger partial charge in [-0.05, 0) is 16.7 Å². The summed E-state index contributed by atoms with van der Waals surface area (Å²) in [6.45, 7) is -11.9. The molecule has 4 rings (SSSR count). The van der Waals surface area contributed by atoms with Gasteiger partial charge in [-0.3, -0.25) is 9.80 Å². The zero-order valence-corrected chi connectivity index (χ0v) is 17.9. The Morgan fingerprint density at radius 3 is 1.67 bits per heavy atom. The highest BCUT2D eigenvalue weighted by Crippen LogP contribution is 2.29. The van der Waals surface area contributed by atoms with Crippen molar-refractivity contribution in [2.75, 3.05) is 32.5 Å². The summed E-state index contributed by atoms with van der Waals surface area (Å²) in [4.78, 5) is 1.37. The third kappa shape index (κ3) is 6.45. The molecule has 0 aliphatic carbocycles. The highest BCUT2D eigenvalue weighted by atomic mass is 35.5. The highest BCUT2D eigenvalue weighted by Gasteiger charge is 2.25. The van der Waals surface area contributed by atoms with Gasteiger partial charge in [0.15, 0.2) is 0 Å². The van der Waals surface area contributed by atoms with Gasteiger partial charge in [0.2, 0.25) is 0 Å². The van der Waals surface area contributed by atoms with Crippen molar-refractivity contribution in [1.82, 2.24) is 9.80 Å². The van der Waals surface area contributed by atoms with Gasteiger partial charge in [0.05, 0.1) is 6.04 Å². The molecule has 3 aromatic carbocycles. The number of halogens is 2. The third-order valence-electron chi connectivity index (χ3n) is 4.50. The van der Waals surface area contributed by atoms with E-state index in [9.17, 15) is 0 Å². The Morgan fingerprint density at radius 2 is 1.17 bits per heavy atom. The van der Waals surface area contributed by atoms with Crippen LogP contribution in [-0.2, 0) is 0 Å². The van der Waals surface area contributed by atoms with E-state index in [1.54, 1.807) is 66.7 Å². The summed E-state index contributed by atoms with van der Waals surface area (Å²) in [5.74, 6) is 0. The Bertz CT molecular complexity index is 1130. The minimum Gasteiger partial charge on any atom is -0.297 e. The molecule has 1 saturated heterocycles. The van der Waals surface area contributed by atoms with Crippen molar-refractivity contribution >= 4 is 30.9 Å². The average molecular weight is 449 g/mol. The van der Waals surface area contributed by atoms with Gasteiger partial charge >= 0.3 is 0 Å². The first kappa shape index (κ1) is 14.8. The van der Waals surface area contributed by atoms with Gasteiger partial charge in [-0.25, -0.2) is 0 Å². The standard InChI is InChI=1S/C26H28N2.2ClH/c1-4-11-23(12-5-1)13-10-18-27-19-21-28(22-20-27)26(24-14-6-2-7-15-24)25-16-8-3-9-17-25;;/h1-17,26H,18-22H2;2*1H/i19D2,20D2,21D2,22D2;;. The Morgan fingerprint density at radius 1 is 0.700 bits per heavy atom. The lowest BCUT2D eigenvalue weighted by Crippen LogP contribution is -2.47. The predicted octanol–water partition coefficient (Wildman–Crippen LogP) is 5.95. The highest BCUT2D eigenvalue weighted by molar-refractivity contribution is 5.85. The summed E-state index contributed by atoms with van der Waals surface area (Å²) in [6, 6.07) is 25.5. The maximum Gasteiger partial charge on any atom is 0.0602 e. The lowest BCUT2D eigenvalue weighted by atomic mass is 9.96. The second-order valence-corrected chi connectivity index (χ2v) is 6.46. The van der Waals surface area contributed by atoms with Crippen LogP contribution < -0.4 is 0 Å². The zero-order valence-electron chi connectivity index (χ0n) is 24.3. The smallest absolute Gasteiger partial charge is 0.0602 e. The molecule has 1 fully saturated rings. The van der Waals surface area contributed by atoms with Crippen LogP contribution in [0, 0.1) is 0 Å². The molecule has 0 spiro atoms. The van der Waals surface area contributed by atoms with Crippen LogP contribution in [0.5, 0.6) is 0 Å². The minimum absolute atomic E-state index is 0. The van der Waals surface area contributed by atoms with E-state index in [1.807, 2.05) is 30.3 Å². The van der Waals surface area contributed by atoms with E-state index < -0.39 is 32.0 Å². The first-order chi connectivity index (χ1) is 16.9. The van der Waals surface area contributed by atoms with Crippen LogP contribution in [0.1, 0.15) is 33.7 Å². The summed E-state index contributed by atoms with van der Waals surface area (Å²) < 4.78 is 70.8. The van der Waals surface area contributed by atoms with Crippen LogP contribution in [0.3, 0.4) is 0 Å². The fourth-order valence-electron chi connectivity index (χ4n) is 3.12. The van der Waals surface area contributed by atoms with Gasteiger partial charge in [0.1, 0.15) is 0 Å². The molecule has 0 saturated carbocycles. The SMILES string of the molecule is Cl.Cl.[2H]C1([2H])N(CC=Cc2ccccc2)C([2H])([2H])C([2H])([2H])N(C(c2ccccc2)c2ccccc2)C1([2H])[2H]. The third-order valence-corrected chi connectivity index (χ3v) is 4.50. The molecule has 1 heterocycles. The van der Waals surface area contributed by atoms with E-state index in [0.29, 0.717) is 16.0 Å². The summed E-state index contributed by atoms with van der Waals surface area (Å²) >= 11 is 0. The van der Waals surface area contributed by atoms with Gasteiger partial charge < -0.3 is 0 Å². The molecule has 30 heavy (non-hydrogen) atoms. The van der Waals surface area contributed by atoms with Gasteiger partial charge in [-0.15, -0.1) is 24.8 Å². The molecule has 0 bridgehead atoms. The Balaban J connectivity index is 0.00000253. The largest absolute Gasteiger partial charge is 0.297 e. The molecule has 4 heteroatoms. The van der Waals surface area contributed by atoms with Crippen LogP contribution in [0.4, 0.5) is 0 Å². The zero-order chi connectivity index (χ0) is 26.2. The van der Waals surface area contributed by atoms with Crippen molar-refractivity contribution in [2.45, 2.75) is 6.04 Å². The molecule has 0 radical (unpaired) electrons. The summed E-state index contributed by atoms with van der Waals surface area (Å²) in [7, 11) is 0. The van der Waals surface area contributed by atoms with Crippen molar-refractivity contribution in [2.24, 2.45) is 0 Å². The summed E-state index contributed by atoms with van der Waals surface area (Å²) in [5.41, 5.74) is 1.87. The molecule has 0 amide bonds. The molecule has 0 aromatic heterocycles. The Hall–Kier alpha value is -2.10. The van der Waals surface area contributed by atoms with Gasteiger partial charge in [0.25, 0.3) is 0 Å². The van der Waals surface area contributed by atoms with Gasteiger partial charge in [-0.1, -0.05) is 103 Å². The quantitative estimate of drug-likeness (QED) is 0.459. The maximum absolute atomic E-state index is 8.92. The predicted molar refractivity (Wildman–Crippen MR) is 133 cm³/mol. The topological polar surface area (TPSA) is 6.48 Å². The molecule has 1 aliphatic heterocycles. The maximum atomic E-state index is 8.92. The minimum atomic E-state index is -2.92. The van der Waals surface area contributed by atoms with E-state index in [1.165, 1.54) is 6.08 Å². The number of piperazine rings is 1. The normalized spacial score (nSPS) is 25.6. The molecular formula is C26H30Cl2N2.